The van der Waals surface area contributed by atoms with Crippen LogP contribution in [0.1, 0.15) is 36.5 Å². The molecule has 2 aromatic rings. The fraction of sp³-hybridized carbons (Fsp3) is 0.318. The number of carbonyl (C=O) groups excluding carboxylic acids is 3. The number of carbonyl (C=O) groups is 3. The Kier molecular flexibility index (Phi) is 7.60. The van der Waals surface area contributed by atoms with Crippen LogP contribution < -0.4 is 10.6 Å². The number of rotatable bonds is 7. The van der Waals surface area contributed by atoms with Crippen molar-refractivity contribution >= 4 is 39.2 Å². The molecule has 2 N–H and O–H groups in total. The normalized spacial score (nSPS) is 14.4. The van der Waals surface area contributed by atoms with Crippen LogP contribution in [0.3, 0.4) is 0 Å². The summed E-state index contributed by atoms with van der Waals surface area (Å²) in [4.78, 5) is 35.5. The molecule has 170 valence electrons. The van der Waals surface area contributed by atoms with Crippen molar-refractivity contribution in [3.8, 4) is 0 Å². The Labute approximate surface area is 186 Å². The van der Waals surface area contributed by atoms with E-state index in [-0.39, 0.29) is 16.4 Å². The predicted molar refractivity (Wildman–Crippen MR) is 119 cm³/mol. The van der Waals surface area contributed by atoms with Gasteiger partial charge in [-0.15, -0.1) is 0 Å². The van der Waals surface area contributed by atoms with E-state index in [1.807, 2.05) is 0 Å². The summed E-state index contributed by atoms with van der Waals surface area (Å²) in [6, 6.07) is 12.1. The third kappa shape index (κ3) is 6.14. The number of ether oxygens (including phenoxy) is 1. The van der Waals surface area contributed by atoms with E-state index in [0.717, 1.165) is 19.3 Å². The van der Waals surface area contributed by atoms with Crippen LogP contribution >= 0.6 is 0 Å². The van der Waals surface area contributed by atoms with E-state index in [0.29, 0.717) is 24.5 Å². The van der Waals surface area contributed by atoms with E-state index in [1.165, 1.54) is 35.5 Å². The molecule has 0 atom stereocenters. The Morgan fingerprint density at radius 1 is 0.938 bits per heavy atom. The number of esters is 1. The van der Waals surface area contributed by atoms with Crippen molar-refractivity contribution in [2.24, 2.45) is 0 Å². The van der Waals surface area contributed by atoms with E-state index >= 15 is 0 Å². The molecule has 32 heavy (non-hydrogen) atoms. The second kappa shape index (κ2) is 10.4. The summed E-state index contributed by atoms with van der Waals surface area (Å²) in [5, 5.41) is 5.19. The minimum Gasteiger partial charge on any atom is -0.452 e. The number of nitrogens with one attached hydrogen (secondary N) is 2. The van der Waals surface area contributed by atoms with E-state index in [9.17, 15) is 22.8 Å². The standard InChI is InChI=1S/C22H25N3O6S/c1-16(26)23-18-8-10-19(11-9-18)24-21(27)15-31-22(28)17-6-5-7-20(14-17)32(29,30)25-12-3-2-4-13-25/h5-11,14H,2-4,12-13,15H2,1H3,(H,23,26)(H,24,27). The van der Waals surface area contributed by atoms with Crippen molar-refractivity contribution in [3.63, 3.8) is 0 Å². The fourth-order valence-corrected chi connectivity index (χ4v) is 4.85. The highest BCUT2D eigenvalue weighted by Gasteiger charge is 2.26. The van der Waals surface area contributed by atoms with E-state index < -0.39 is 28.5 Å². The van der Waals surface area contributed by atoms with Gasteiger partial charge in [-0.2, -0.15) is 4.31 Å². The topological polar surface area (TPSA) is 122 Å². The van der Waals surface area contributed by atoms with Crippen LogP contribution in [0, 0.1) is 0 Å². The second-order valence-electron chi connectivity index (χ2n) is 7.38. The van der Waals surface area contributed by atoms with Crippen molar-refractivity contribution in [3.05, 3.63) is 54.1 Å². The predicted octanol–water partition coefficient (Wildman–Crippen LogP) is 2.62. The molecular weight excluding hydrogens is 434 g/mol. The zero-order valence-corrected chi connectivity index (χ0v) is 18.5. The molecule has 0 saturated carbocycles. The van der Waals surface area contributed by atoms with Gasteiger partial charge in [-0.3, -0.25) is 9.59 Å². The summed E-state index contributed by atoms with van der Waals surface area (Å²) in [6.07, 6.45) is 2.62. The van der Waals surface area contributed by atoms with Crippen LogP contribution in [0.5, 0.6) is 0 Å². The number of anilines is 2. The number of benzene rings is 2. The minimum absolute atomic E-state index is 0.0255. The molecule has 1 saturated heterocycles. The van der Waals surface area contributed by atoms with Gasteiger partial charge in [0.2, 0.25) is 15.9 Å². The lowest BCUT2D eigenvalue weighted by Crippen LogP contribution is -2.35. The van der Waals surface area contributed by atoms with Gasteiger partial charge in [-0.1, -0.05) is 12.5 Å². The quantitative estimate of drug-likeness (QED) is 0.614. The molecule has 10 heteroatoms. The van der Waals surface area contributed by atoms with Crippen molar-refractivity contribution in [1.82, 2.24) is 4.31 Å². The van der Waals surface area contributed by atoms with E-state index in [1.54, 1.807) is 24.3 Å². The summed E-state index contributed by atoms with van der Waals surface area (Å²) in [7, 11) is -3.68. The highest BCUT2D eigenvalue weighted by molar-refractivity contribution is 7.89. The third-order valence-corrected chi connectivity index (χ3v) is 6.74. The van der Waals surface area contributed by atoms with Crippen LogP contribution in [-0.2, 0) is 24.3 Å². The van der Waals surface area contributed by atoms with Gasteiger partial charge in [0, 0.05) is 31.4 Å². The molecule has 1 heterocycles. The van der Waals surface area contributed by atoms with Crippen molar-refractivity contribution < 1.29 is 27.5 Å². The van der Waals surface area contributed by atoms with Gasteiger partial charge >= 0.3 is 5.97 Å². The van der Waals surface area contributed by atoms with Gasteiger partial charge < -0.3 is 15.4 Å². The molecule has 1 aliphatic heterocycles. The molecule has 1 aliphatic rings. The molecular formula is C22H25N3O6S. The minimum atomic E-state index is -3.68. The number of amides is 2. The lowest BCUT2D eigenvalue weighted by atomic mass is 10.2. The number of nitrogens with zero attached hydrogens (tertiary/aromatic N) is 1. The summed E-state index contributed by atoms with van der Waals surface area (Å²) >= 11 is 0. The van der Waals surface area contributed by atoms with Crippen molar-refractivity contribution in [2.45, 2.75) is 31.1 Å². The van der Waals surface area contributed by atoms with Gasteiger partial charge in [0.1, 0.15) is 0 Å². The lowest BCUT2D eigenvalue weighted by molar-refractivity contribution is -0.119. The van der Waals surface area contributed by atoms with Gasteiger partial charge in [0.25, 0.3) is 5.91 Å². The summed E-state index contributed by atoms with van der Waals surface area (Å²) in [5.41, 5.74) is 1.10. The number of piperidine rings is 1. The summed E-state index contributed by atoms with van der Waals surface area (Å²) in [5.74, 6) is -1.55. The zero-order chi connectivity index (χ0) is 23.1. The largest absolute Gasteiger partial charge is 0.452 e. The Balaban J connectivity index is 1.57. The van der Waals surface area contributed by atoms with Gasteiger partial charge in [-0.05, 0) is 55.3 Å². The van der Waals surface area contributed by atoms with Crippen LogP contribution in [0.15, 0.2) is 53.4 Å². The van der Waals surface area contributed by atoms with Gasteiger partial charge in [0.05, 0.1) is 10.5 Å². The monoisotopic (exact) mass is 459 g/mol. The molecule has 1 fully saturated rings. The maximum atomic E-state index is 12.8. The molecule has 0 bridgehead atoms. The average molecular weight is 460 g/mol. The number of sulfonamides is 1. The molecule has 0 spiro atoms. The fourth-order valence-electron chi connectivity index (χ4n) is 3.29. The first-order valence-corrected chi connectivity index (χ1v) is 11.6. The molecule has 9 nitrogen and oxygen atoms in total. The Bertz CT molecular complexity index is 1090. The Morgan fingerprint density at radius 3 is 2.19 bits per heavy atom. The van der Waals surface area contributed by atoms with E-state index in [4.69, 9.17) is 4.74 Å². The molecule has 2 amide bonds. The molecule has 0 aromatic heterocycles. The maximum Gasteiger partial charge on any atom is 0.338 e. The van der Waals surface area contributed by atoms with Crippen molar-refractivity contribution in [1.29, 1.82) is 0 Å². The lowest BCUT2D eigenvalue weighted by Gasteiger charge is -2.25. The van der Waals surface area contributed by atoms with Crippen molar-refractivity contribution in [2.75, 3.05) is 30.3 Å². The third-order valence-electron chi connectivity index (χ3n) is 4.85. The SMILES string of the molecule is CC(=O)Nc1ccc(NC(=O)COC(=O)c2cccc(S(=O)(=O)N3CCCCC3)c2)cc1. The van der Waals surface area contributed by atoms with Crippen LogP contribution in [0.4, 0.5) is 11.4 Å². The molecule has 3 rings (SSSR count). The highest BCUT2D eigenvalue weighted by atomic mass is 32.2. The first-order chi connectivity index (χ1) is 15.3. The number of hydrogen-bond acceptors (Lipinski definition) is 6. The first kappa shape index (κ1) is 23.4. The molecule has 0 aliphatic carbocycles. The van der Waals surface area contributed by atoms with Crippen LogP contribution in [0.2, 0.25) is 0 Å². The zero-order valence-electron chi connectivity index (χ0n) is 17.7. The van der Waals surface area contributed by atoms with Crippen LogP contribution in [-0.4, -0.2) is 50.2 Å². The molecule has 0 unspecified atom stereocenters. The summed E-state index contributed by atoms with van der Waals surface area (Å²) in [6.45, 7) is 1.78. The first-order valence-electron chi connectivity index (χ1n) is 10.2. The van der Waals surface area contributed by atoms with Gasteiger partial charge in [-0.25, -0.2) is 13.2 Å². The van der Waals surface area contributed by atoms with Crippen LogP contribution in [0.25, 0.3) is 0 Å². The smallest absolute Gasteiger partial charge is 0.338 e. The van der Waals surface area contributed by atoms with E-state index in [2.05, 4.69) is 10.6 Å². The number of hydrogen-bond donors (Lipinski definition) is 2. The Morgan fingerprint density at radius 2 is 1.56 bits per heavy atom. The average Bonchev–Trinajstić information content (AvgIpc) is 2.79. The highest BCUT2D eigenvalue weighted by Crippen LogP contribution is 2.21. The molecule has 0 radical (unpaired) electrons. The summed E-state index contributed by atoms with van der Waals surface area (Å²) < 4.78 is 32.1. The Hall–Kier alpha value is -3.24. The molecule has 2 aromatic carbocycles. The maximum absolute atomic E-state index is 12.8. The second-order valence-corrected chi connectivity index (χ2v) is 9.31. The van der Waals surface area contributed by atoms with Gasteiger partial charge in [0.15, 0.2) is 6.61 Å².